The quantitative estimate of drug-likeness (QED) is 0.193. The number of ether oxygens (including phenoxy) is 1. The fourth-order valence-electron chi connectivity index (χ4n) is 2.28. The van der Waals surface area contributed by atoms with Gasteiger partial charge in [-0.3, -0.25) is 9.76 Å². The molecule has 32 heavy (non-hydrogen) atoms. The van der Waals surface area contributed by atoms with Gasteiger partial charge in [0.1, 0.15) is 12.4 Å². The molecule has 0 unspecified atom stereocenters. The maximum absolute atomic E-state index is 10.5. The van der Waals surface area contributed by atoms with Crippen LogP contribution in [0, 0.1) is 6.92 Å². The molecule has 0 aliphatic rings. The highest BCUT2D eigenvalue weighted by Gasteiger charge is 2.06. The van der Waals surface area contributed by atoms with Crippen molar-refractivity contribution in [2.75, 3.05) is 0 Å². The predicted octanol–water partition coefficient (Wildman–Crippen LogP) is 3.13. The van der Waals surface area contributed by atoms with Crippen LogP contribution in [0.25, 0.3) is 0 Å². The first-order valence-corrected chi connectivity index (χ1v) is 10.8. The lowest BCUT2D eigenvalue weighted by Crippen LogP contribution is -2.27. The third-order valence-electron chi connectivity index (χ3n) is 3.93. The summed E-state index contributed by atoms with van der Waals surface area (Å²) in [6.45, 7) is 2.37. The molecule has 0 bridgehead atoms. The number of nitrogens with zero attached hydrogens (tertiary/aromatic N) is 2. The molecule has 9 nitrogen and oxygen atoms in total. The highest BCUT2D eigenvalue weighted by molar-refractivity contribution is 7.85. The number of hydrogen-bond donors (Lipinski definition) is 4. The Morgan fingerprint density at radius 3 is 2.22 bits per heavy atom. The lowest BCUT2D eigenvalue weighted by molar-refractivity contribution is 0.232. The van der Waals surface area contributed by atoms with Gasteiger partial charge >= 0.3 is 0 Å². The smallest absolute Gasteiger partial charge is 0.294 e. The average molecular weight is 457 g/mol. The van der Waals surface area contributed by atoms with Gasteiger partial charge in [-0.05, 0) is 54.4 Å². The van der Waals surface area contributed by atoms with Crippen LogP contribution in [0.5, 0.6) is 5.75 Å². The molecule has 10 heteroatoms. The molecule has 0 fully saturated rings. The van der Waals surface area contributed by atoms with Crippen LogP contribution in [0.1, 0.15) is 16.7 Å². The highest BCUT2D eigenvalue weighted by atomic mass is 32.2. The summed E-state index contributed by atoms with van der Waals surface area (Å²) < 4.78 is 35.2. The number of hydroxylamine groups is 1. The number of guanidine groups is 1. The molecule has 0 spiro atoms. The number of rotatable bonds is 6. The first-order valence-electron chi connectivity index (χ1n) is 9.35. The average Bonchev–Trinajstić information content (AvgIpc) is 2.79. The highest BCUT2D eigenvalue weighted by Crippen LogP contribution is 2.13. The van der Waals surface area contributed by atoms with E-state index in [0.717, 1.165) is 22.4 Å². The molecule has 0 saturated carbocycles. The molecule has 0 aliphatic heterocycles. The SMILES string of the molecule is Cc1ccc(S(=O)(=O)O)cc1.NC(=N/N=C/c1ccc(OCc2ccccc2)cc1)NO. The van der Waals surface area contributed by atoms with E-state index in [1.54, 1.807) is 17.6 Å². The maximum atomic E-state index is 10.5. The lowest BCUT2D eigenvalue weighted by atomic mass is 10.2. The summed E-state index contributed by atoms with van der Waals surface area (Å²) >= 11 is 0. The van der Waals surface area contributed by atoms with Crippen LogP contribution < -0.4 is 16.0 Å². The van der Waals surface area contributed by atoms with E-state index >= 15 is 0 Å². The summed E-state index contributed by atoms with van der Waals surface area (Å²) in [5.74, 6) is 0.602. The van der Waals surface area contributed by atoms with Crippen LogP contribution in [0.15, 0.2) is 94.0 Å². The molecule has 0 saturated heterocycles. The van der Waals surface area contributed by atoms with Gasteiger partial charge in [0.15, 0.2) is 0 Å². The molecule has 0 aromatic heterocycles. The molecule has 0 radical (unpaired) electrons. The second-order valence-corrected chi connectivity index (χ2v) is 7.89. The Labute approximate surface area is 186 Å². The molecule has 0 aliphatic carbocycles. The number of nitrogens with one attached hydrogen (secondary N) is 1. The Balaban J connectivity index is 0.000000278. The minimum absolute atomic E-state index is 0.0666. The van der Waals surface area contributed by atoms with Crippen molar-refractivity contribution in [2.45, 2.75) is 18.4 Å². The van der Waals surface area contributed by atoms with Gasteiger partial charge in [-0.15, -0.1) is 5.10 Å². The van der Waals surface area contributed by atoms with E-state index in [2.05, 4.69) is 10.2 Å². The Morgan fingerprint density at radius 1 is 1.03 bits per heavy atom. The van der Waals surface area contributed by atoms with Crippen molar-refractivity contribution in [3.63, 3.8) is 0 Å². The topological polar surface area (TPSA) is 147 Å². The summed E-state index contributed by atoms with van der Waals surface area (Å²) in [6, 6.07) is 23.3. The lowest BCUT2D eigenvalue weighted by Gasteiger charge is -2.06. The van der Waals surface area contributed by atoms with Gasteiger partial charge < -0.3 is 10.5 Å². The van der Waals surface area contributed by atoms with Gasteiger partial charge in [-0.2, -0.15) is 13.5 Å². The van der Waals surface area contributed by atoms with Crippen LogP contribution in [0.3, 0.4) is 0 Å². The second kappa shape index (κ2) is 12.2. The Bertz CT molecular complexity index is 1130. The zero-order valence-corrected chi connectivity index (χ0v) is 18.1. The van der Waals surface area contributed by atoms with Crippen molar-refractivity contribution in [3.05, 3.63) is 95.6 Å². The van der Waals surface area contributed by atoms with Crippen molar-refractivity contribution < 1.29 is 22.9 Å². The molecule has 0 atom stereocenters. The standard InChI is InChI=1S/C15H16N4O2.C7H8O3S/c16-15(19-20)18-17-10-12-6-8-14(9-7-12)21-11-13-4-2-1-3-5-13;1-6-2-4-7(5-3-6)11(8,9)10/h1-10,20H,11H2,(H3,16,18,19);2-5H,1H3,(H,8,9,10)/b17-10+;. The number of aryl methyl sites for hydroxylation is 1. The first-order chi connectivity index (χ1) is 15.3. The molecule has 3 rings (SSSR count). The summed E-state index contributed by atoms with van der Waals surface area (Å²) in [5.41, 5.74) is 9.81. The zero-order chi connectivity index (χ0) is 23.4. The van der Waals surface area contributed by atoms with Gasteiger partial charge in [0.05, 0.1) is 11.1 Å². The van der Waals surface area contributed by atoms with Crippen LogP contribution in [-0.2, 0) is 16.7 Å². The minimum atomic E-state index is -4.02. The largest absolute Gasteiger partial charge is 0.489 e. The van der Waals surface area contributed by atoms with Gasteiger partial charge in [-0.25, -0.2) is 5.48 Å². The molecule has 3 aromatic carbocycles. The second-order valence-electron chi connectivity index (χ2n) is 6.47. The van der Waals surface area contributed by atoms with Crippen LogP contribution in [0.4, 0.5) is 0 Å². The normalized spacial score (nSPS) is 11.5. The van der Waals surface area contributed by atoms with Gasteiger partial charge in [0, 0.05) is 0 Å². The van der Waals surface area contributed by atoms with Gasteiger partial charge in [0.2, 0.25) is 5.96 Å². The van der Waals surface area contributed by atoms with Crippen LogP contribution in [-0.4, -0.2) is 30.4 Å². The van der Waals surface area contributed by atoms with Crippen LogP contribution in [0.2, 0.25) is 0 Å². The van der Waals surface area contributed by atoms with E-state index in [4.69, 9.17) is 20.2 Å². The summed E-state index contributed by atoms with van der Waals surface area (Å²) in [6.07, 6.45) is 1.52. The summed E-state index contributed by atoms with van der Waals surface area (Å²) in [7, 11) is -4.02. The number of hydrogen-bond acceptors (Lipinski definition) is 6. The van der Waals surface area contributed by atoms with Crippen molar-refractivity contribution >= 4 is 22.3 Å². The minimum Gasteiger partial charge on any atom is -0.489 e. The fourth-order valence-corrected chi connectivity index (χ4v) is 2.76. The van der Waals surface area contributed by atoms with E-state index in [1.165, 1.54) is 18.3 Å². The third-order valence-corrected chi connectivity index (χ3v) is 4.80. The zero-order valence-electron chi connectivity index (χ0n) is 17.3. The maximum Gasteiger partial charge on any atom is 0.294 e. The van der Waals surface area contributed by atoms with Crippen molar-refractivity contribution in [1.82, 2.24) is 5.48 Å². The predicted molar refractivity (Wildman–Crippen MR) is 122 cm³/mol. The number of benzene rings is 3. The molecular weight excluding hydrogens is 432 g/mol. The monoisotopic (exact) mass is 456 g/mol. The van der Waals surface area contributed by atoms with E-state index < -0.39 is 10.1 Å². The molecule has 0 heterocycles. The van der Waals surface area contributed by atoms with E-state index in [9.17, 15) is 8.42 Å². The third kappa shape index (κ3) is 8.96. The van der Waals surface area contributed by atoms with Crippen molar-refractivity contribution in [3.8, 4) is 5.75 Å². The Hall–Kier alpha value is -3.73. The van der Waals surface area contributed by atoms with Gasteiger partial charge in [-0.1, -0.05) is 48.0 Å². The van der Waals surface area contributed by atoms with E-state index in [-0.39, 0.29) is 10.9 Å². The Kier molecular flexibility index (Phi) is 9.36. The molecule has 3 aromatic rings. The van der Waals surface area contributed by atoms with Crippen LogP contribution >= 0.6 is 0 Å². The van der Waals surface area contributed by atoms with Crippen molar-refractivity contribution in [2.24, 2.45) is 15.9 Å². The fraction of sp³-hybridized carbons (Fsp3) is 0.0909. The van der Waals surface area contributed by atoms with E-state index in [1.807, 2.05) is 61.5 Å². The summed E-state index contributed by atoms with van der Waals surface area (Å²) in [4.78, 5) is -0.0666. The summed E-state index contributed by atoms with van der Waals surface area (Å²) in [5, 5.41) is 15.6. The Morgan fingerprint density at radius 2 is 1.66 bits per heavy atom. The number of nitrogens with two attached hydrogens (primary N) is 1. The molecule has 0 amide bonds. The van der Waals surface area contributed by atoms with Gasteiger partial charge in [0.25, 0.3) is 10.1 Å². The molecular formula is C22H24N4O5S. The van der Waals surface area contributed by atoms with E-state index in [0.29, 0.717) is 6.61 Å². The van der Waals surface area contributed by atoms with Crippen molar-refractivity contribution in [1.29, 1.82) is 0 Å². The molecule has 168 valence electrons. The molecule has 5 N–H and O–H groups in total. The first kappa shape index (κ1) is 24.5.